The topological polar surface area (TPSA) is 38.3 Å². The minimum Gasteiger partial charge on any atom is -0.491 e. The van der Waals surface area contributed by atoms with Crippen molar-refractivity contribution < 1.29 is 18.3 Å². The molecule has 0 fully saturated rings. The number of carbonyl (C=O) groups excluding carboxylic acids is 1. The molecular formula is C15H11Br2F2NO2. The molecule has 0 bridgehead atoms. The maximum absolute atomic E-state index is 13.5. The first-order valence-electron chi connectivity index (χ1n) is 6.30. The van der Waals surface area contributed by atoms with E-state index in [0.717, 1.165) is 6.07 Å². The van der Waals surface area contributed by atoms with Gasteiger partial charge < -0.3 is 10.1 Å². The van der Waals surface area contributed by atoms with Gasteiger partial charge in [0.15, 0.2) is 5.75 Å². The van der Waals surface area contributed by atoms with Crippen LogP contribution in [0.3, 0.4) is 0 Å². The number of benzene rings is 2. The molecule has 0 radical (unpaired) electrons. The molecule has 0 aromatic heterocycles. The van der Waals surface area contributed by atoms with Gasteiger partial charge in [0.1, 0.15) is 11.6 Å². The number of halogens is 4. The Balaban J connectivity index is 2.35. The highest BCUT2D eigenvalue weighted by Crippen LogP contribution is 2.35. The molecule has 0 saturated carbocycles. The predicted molar refractivity (Wildman–Crippen MR) is 87.3 cm³/mol. The van der Waals surface area contributed by atoms with E-state index < -0.39 is 17.5 Å². The Morgan fingerprint density at radius 3 is 2.45 bits per heavy atom. The molecule has 2 rings (SSSR count). The van der Waals surface area contributed by atoms with Crippen LogP contribution in [0.4, 0.5) is 14.5 Å². The van der Waals surface area contributed by atoms with E-state index in [4.69, 9.17) is 4.74 Å². The number of hydrogen-bond donors (Lipinski definition) is 1. The highest BCUT2D eigenvalue weighted by molar-refractivity contribution is 9.10. The van der Waals surface area contributed by atoms with Gasteiger partial charge in [-0.3, -0.25) is 4.79 Å². The van der Waals surface area contributed by atoms with Crippen LogP contribution in [0.5, 0.6) is 5.75 Å². The summed E-state index contributed by atoms with van der Waals surface area (Å²) >= 11 is 6.32. The summed E-state index contributed by atoms with van der Waals surface area (Å²) < 4.78 is 32.7. The molecule has 1 N–H and O–H groups in total. The Kier molecular flexibility index (Phi) is 5.52. The van der Waals surface area contributed by atoms with Gasteiger partial charge in [0.25, 0.3) is 5.91 Å². The monoisotopic (exact) mass is 433 g/mol. The summed E-state index contributed by atoms with van der Waals surface area (Å²) in [6, 6.07) is 6.09. The van der Waals surface area contributed by atoms with Gasteiger partial charge in [-0.25, -0.2) is 8.78 Å². The summed E-state index contributed by atoms with van der Waals surface area (Å²) in [5, 5.41) is 2.57. The Bertz CT molecular complexity index is 723. The van der Waals surface area contributed by atoms with E-state index in [9.17, 15) is 13.6 Å². The first kappa shape index (κ1) is 16.9. The minimum atomic E-state index is -0.524. The lowest BCUT2D eigenvalue weighted by atomic mass is 10.2. The Labute approximate surface area is 142 Å². The molecule has 0 unspecified atom stereocenters. The molecule has 22 heavy (non-hydrogen) atoms. The van der Waals surface area contributed by atoms with E-state index in [-0.39, 0.29) is 11.3 Å². The minimum absolute atomic E-state index is 0.190. The van der Waals surface area contributed by atoms with Crippen LogP contribution in [0.15, 0.2) is 39.3 Å². The van der Waals surface area contributed by atoms with E-state index in [1.807, 2.05) is 0 Å². The molecule has 0 saturated heterocycles. The molecule has 0 aliphatic heterocycles. The number of hydrogen-bond acceptors (Lipinski definition) is 2. The Morgan fingerprint density at radius 1 is 1.14 bits per heavy atom. The second kappa shape index (κ2) is 7.19. The lowest BCUT2D eigenvalue weighted by molar-refractivity contribution is 0.102. The van der Waals surface area contributed by atoms with Gasteiger partial charge >= 0.3 is 0 Å². The SMILES string of the molecule is CCOc1c(Br)cc(F)cc1NC(=O)c1ccc(F)cc1Br. The molecule has 0 aliphatic rings. The molecular weight excluding hydrogens is 424 g/mol. The van der Waals surface area contributed by atoms with Crippen LogP contribution in [-0.2, 0) is 0 Å². The Morgan fingerprint density at radius 2 is 1.82 bits per heavy atom. The smallest absolute Gasteiger partial charge is 0.256 e. The standard InChI is InChI=1S/C15H11Br2F2NO2/c1-2-22-14-12(17)6-9(19)7-13(14)20-15(21)10-4-3-8(18)5-11(10)16/h3-7H,2H2,1H3,(H,20,21). The number of ether oxygens (including phenoxy) is 1. The quantitative estimate of drug-likeness (QED) is 0.723. The summed E-state index contributed by atoms with van der Waals surface area (Å²) in [6.07, 6.45) is 0. The van der Waals surface area contributed by atoms with Crippen molar-refractivity contribution in [2.75, 3.05) is 11.9 Å². The fourth-order valence-electron chi connectivity index (χ4n) is 1.81. The summed E-state index contributed by atoms with van der Waals surface area (Å²) in [7, 11) is 0. The van der Waals surface area contributed by atoms with Crippen molar-refractivity contribution in [3.63, 3.8) is 0 Å². The van der Waals surface area contributed by atoms with Crippen molar-refractivity contribution in [1.29, 1.82) is 0 Å². The summed E-state index contributed by atoms with van der Waals surface area (Å²) in [5.74, 6) is -1.17. The highest BCUT2D eigenvalue weighted by Gasteiger charge is 2.16. The van der Waals surface area contributed by atoms with E-state index in [1.54, 1.807) is 6.92 Å². The average Bonchev–Trinajstić information content (AvgIpc) is 2.42. The number of nitrogens with one attached hydrogen (secondary N) is 1. The lowest BCUT2D eigenvalue weighted by Gasteiger charge is -2.14. The summed E-state index contributed by atoms with van der Waals surface area (Å²) in [5.41, 5.74) is 0.416. The van der Waals surface area contributed by atoms with Crippen molar-refractivity contribution in [1.82, 2.24) is 0 Å². The largest absolute Gasteiger partial charge is 0.491 e. The van der Waals surface area contributed by atoms with E-state index in [2.05, 4.69) is 37.2 Å². The molecule has 7 heteroatoms. The van der Waals surface area contributed by atoms with Gasteiger partial charge in [-0.2, -0.15) is 0 Å². The molecule has 116 valence electrons. The van der Waals surface area contributed by atoms with Gasteiger partial charge in [0, 0.05) is 10.5 Å². The average molecular weight is 435 g/mol. The third-order valence-corrected chi connectivity index (χ3v) is 3.97. The fourth-order valence-corrected chi connectivity index (χ4v) is 2.89. The molecule has 2 aromatic rings. The predicted octanol–water partition coefficient (Wildman–Crippen LogP) is 5.14. The van der Waals surface area contributed by atoms with Crippen LogP contribution < -0.4 is 10.1 Å². The van der Waals surface area contributed by atoms with Gasteiger partial charge in [-0.1, -0.05) is 0 Å². The van der Waals surface area contributed by atoms with Crippen molar-refractivity contribution in [3.8, 4) is 5.75 Å². The van der Waals surface area contributed by atoms with E-state index in [1.165, 1.54) is 24.3 Å². The van der Waals surface area contributed by atoms with Crippen LogP contribution in [0.2, 0.25) is 0 Å². The van der Waals surface area contributed by atoms with Crippen molar-refractivity contribution in [2.24, 2.45) is 0 Å². The molecule has 0 heterocycles. The van der Waals surface area contributed by atoms with Gasteiger partial charge in [0.2, 0.25) is 0 Å². The Hall–Kier alpha value is -1.47. The zero-order valence-corrected chi connectivity index (χ0v) is 14.6. The fraction of sp³-hybridized carbons (Fsp3) is 0.133. The normalized spacial score (nSPS) is 10.4. The van der Waals surface area contributed by atoms with Gasteiger partial charge in [-0.15, -0.1) is 0 Å². The first-order chi connectivity index (χ1) is 10.4. The first-order valence-corrected chi connectivity index (χ1v) is 7.89. The molecule has 2 aromatic carbocycles. The molecule has 0 aliphatic carbocycles. The zero-order chi connectivity index (χ0) is 16.3. The molecule has 0 spiro atoms. The second-order valence-electron chi connectivity index (χ2n) is 4.28. The van der Waals surface area contributed by atoms with Crippen molar-refractivity contribution in [2.45, 2.75) is 6.92 Å². The number of carbonyl (C=O) groups is 1. The molecule has 1 amide bonds. The van der Waals surface area contributed by atoms with Crippen LogP contribution in [-0.4, -0.2) is 12.5 Å². The number of rotatable bonds is 4. The number of amides is 1. The van der Waals surface area contributed by atoms with Crippen LogP contribution in [0.1, 0.15) is 17.3 Å². The van der Waals surface area contributed by atoms with Crippen LogP contribution in [0, 0.1) is 11.6 Å². The summed E-state index contributed by atoms with van der Waals surface area (Å²) in [4.78, 5) is 12.3. The summed E-state index contributed by atoms with van der Waals surface area (Å²) in [6.45, 7) is 2.13. The molecule has 3 nitrogen and oxygen atoms in total. The third kappa shape index (κ3) is 3.84. The van der Waals surface area contributed by atoms with Crippen LogP contribution >= 0.6 is 31.9 Å². The van der Waals surface area contributed by atoms with Crippen LogP contribution in [0.25, 0.3) is 0 Å². The van der Waals surface area contributed by atoms with Crippen molar-refractivity contribution >= 4 is 43.5 Å². The zero-order valence-electron chi connectivity index (χ0n) is 11.4. The van der Waals surface area contributed by atoms with E-state index >= 15 is 0 Å². The number of anilines is 1. The third-order valence-electron chi connectivity index (χ3n) is 2.72. The van der Waals surface area contributed by atoms with Crippen molar-refractivity contribution in [3.05, 3.63) is 56.5 Å². The van der Waals surface area contributed by atoms with Gasteiger partial charge in [-0.05, 0) is 63.0 Å². The highest BCUT2D eigenvalue weighted by atomic mass is 79.9. The lowest BCUT2D eigenvalue weighted by Crippen LogP contribution is -2.14. The maximum Gasteiger partial charge on any atom is 0.256 e. The van der Waals surface area contributed by atoms with Gasteiger partial charge in [0.05, 0.1) is 22.3 Å². The second-order valence-corrected chi connectivity index (χ2v) is 5.98. The maximum atomic E-state index is 13.5. The molecule has 0 atom stereocenters. The van der Waals surface area contributed by atoms with E-state index in [0.29, 0.717) is 21.3 Å².